The molecule has 7 heteroatoms. The number of nitro benzene ring substituents is 1. The van der Waals surface area contributed by atoms with Crippen LogP contribution in [0, 0.1) is 24.0 Å². The molecule has 0 atom stereocenters. The summed E-state index contributed by atoms with van der Waals surface area (Å²) in [4.78, 5) is 36.9. The highest BCUT2D eigenvalue weighted by Gasteiger charge is 2.25. The van der Waals surface area contributed by atoms with Crippen LogP contribution in [0.3, 0.4) is 0 Å². The first kappa shape index (κ1) is 18.6. The second-order valence-corrected chi connectivity index (χ2v) is 6.54. The standard InChI is InChI=1S/C20H20N2O5/c1-13-5-3-7-17(14(13)2)20(24)27-12-19(23)21-10-4-6-15-11-16(22(25)26)8-9-18(15)21/h3,5,7-9,11H,4,6,10,12H2,1-2H3. The van der Waals surface area contributed by atoms with E-state index in [1.54, 1.807) is 18.2 Å². The molecule has 3 rings (SSSR count). The number of nitro groups is 1. The van der Waals surface area contributed by atoms with Gasteiger partial charge in [-0.1, -0.05) is 12.1 Å². The van der Waals surface area contributed by atoms with Gasteiger partial charge in [0.25, 0.3) is 11.6 Å². The third-order valence-electron chi connectivity index (χ3n) is 4.84. The number of esters is 1. The molecule has 0 saturated heterocycles. The van der Waals surface area contributed by atoms with Crippen molar-refractivity contribution in [1.82, 2.24) is 0 Å². The molecule has 7 nitrogen and oxygen atoms in total. The summed E-state index contributed by atoms with van der Waals surface area (Å²) in [7, 11) is 0. The van der Waals surface area contributed by atoms with Gasteiger partial charge in [-0.25, -0.2) is 4.79 Å². The lowest BCUT2D eigenvalue weighted by molar-refractivity contribution is -0.384. The molecule has 1 aliphatic rings. The second kappa shape index (κ2) is 7.57. The fraction of sp³-hybridized carbons (Fsp3) is 0.300. The Morgan fingerprint density at radius 1 is 1.22 bits per heavy atom. The van der Waals surface area contributed by atoms with E-state index >= 15 is 0 Å². The molecule has 0 radical (unpaired) electrons. The molecule has 2 aromatic rings. The molecular formula is C20H20N2O5. The highest BCUT2D eigenvalue weighted by molar-refractivity contribution is 5.98. The Morgan fingerprint density at radius 3 is 2.74 bits per heavy atom. The van der Waals surface area contributed by atoms with Crippen LogP contribution < -0.4 is 4.90 Å². The van der Waals surface area contributed by atoms with Crippen molar-refractivity contribution in [1.29, 1.82) is 0 Å². The van der Waals surface area contributed by atoms with Gasteiger partial charge in [0, 0.05) is 24.4 Å². The van der Waals surface area contributed by atoms with Crippen molar-refractivity contribution in [2.75, 3.05) is 18.1 Å². The number of carbonyl (C=O) groups is 2. The number of benzene rings is 2. The zero-order valence-electron chi connectivity index (χ0n) is 15.2. The SMILES string of the molecule is Cc1cccc(C(=O)OCC(=O)N2CCCc3cc([N+](=O)[O-])ccc32)c1C. The molecule has 0 spiro atoms. The minimum Gasteiger partial charge on any atom is -0.452 e. The summed E-state index contributed by atoms with van der Waals surface area (Å²) in [6.45, 7) is 3.86. The van der Waals surface area contributed by atoms with Crippen molar-refractivity contribution in [3.8, 4) is 0 Å². The summed E-state index contributed by atoms with van der Waals surface area (Å²) in [5, 5.41) is 10.9. The van der Waals surface area contributed by atoms with Gasteiger partial charge in [0.1, 0.15) is 0 Å². The highest BCUT2D eigenvalue weighted by Crippen LogP contribution is 2.30. The van der Waals surface area contributed by atoms with Crippen LogP contribution in [0.4, 0.5) is 11.4 Å². The number of ether oxygens (including phenoxy) is 1. The monoisotopic (exact) mass is 368 g/mol. The number of anilines is 1. The fourth-order valence-electron chi connectivity index (χ4n) is 3.21. The van der Waals surface area contributed by atoms with Gasteiger partial charge >= 0.3 is 5.97 Å². The molecule has 0 aliphatic carbocycles. The summed E-state index contributed by atoms with van der Waals surface area (Å²) >= 11 is 0. The van der Waals surface area contributed by atoms with E-state index in [4.69, 9.17) is 4.74 Å². The zero-order chi connectivity index (χ0) is 19.6. The Hall–Kier alpha value is -3.22. The third-order valence-corrected chi connectivity index (χ3v) is 4.84. The van der Waals surface area contributed by atoms with Gasteiger partial charge in [-0.3, -0.25) is 14.9 Å². The van der Waals surface area contributed by atoms with Gasteiger partial charge in [-0.2, -0.15) is 0 Å². The number of rotatable bonds is 4. The molecule has 0 saturated carbocycles. The molecule has 0 aromatic heterocycles. The number of non-ortho nitro benzene ring substituents is 1. The van der Waals surface area contributed by atoms with Crippen molar-refractivity contribution in [2.24, 2.45) is 0 Å². The Kier molecular flexibility index (Phi) is 5.21. The smallest absolute Gasteiger partial charge is 0.338 e. The van der Waals surface area contributed by atoms with Gasteiger partial charge < -0.3 is 9.64 Å². The molecular weight excluding hydrogens is 348 g/mol. The van der Waals surface area contributed by atoms with Crippen LogP contribution in [0.2, 0.25) is 0 Å². The first-order chi connectivity index (χ1) is 12.9. The van der Waals surface area contributed by atoms with E-state index in [-0.39, 0.29) is 18.2 Å². The fourth-order valence-corrected chi connectivity index (χ4v) is 3.21. The molecule has 0 bridgehead atoms. The van der Waals surface area contributed by atoms with Crippen molar-refractivity contribution < 1.29 is 19.2 Å². The Bertz CT molecular complexity index is 923. The second-order valence-electron chi connectivity index (χ2n) is 6.54. The van der Waals surface area contributed by atoms with Crippen LogP contribution in [0.1, 0.15) is 33.5 Å². The maximum absolute atomic E-state index is 12.6. The first-order valence-corrected chi connectivity index (χ1v) is 8.69. The summed E-state index contributed by atoms with van der Waals surface area (Å²) in [6, 6.07) is 9.81. The lowest BCUT2D eigenvalue weighted by Gasteiger charge is -2.29. The summed E-state index contributed by atoms with van der Waals surface area (Å²) in [5.74, 6) is -0.881. The van der Waals surface area contributed by atoms with Crippen LogP contribution in [-0.2, 0) is 16.0 Å². The van der Waals surface area contributed by atoms with Crippen molar-refractivity contribution in [2.45, 2.75) is 26.7 Å². The van der Waals surface area contributed by atoms with E-state index in [9.17, 15) is 19.7 Å². The van der Waals surface area contributed by atoms with E-state index in [2.05, 4.69) is 0 Å². The number of hydrogen-bond donors (Lipinski definition) is 0. The van der Waals surface area contributed by atoms with Gasteiger partial charge in [0.2, 0.25) is 0 Å². The average Bonchev–Trinajstić information content (AvgIpc) is 2.67. The quantitative estimate of drug-likeness (QED) is 0.469. The minimum atomic E-state index is -0.537. The van der Waals surface area contributed by atoms with Gasteiger partial charge in [0.05, 0.1) is 10.5 Å². The molecule has 1 amide bonds. The zero-order valence-corrected chi connectivity index (χ0v) is 15.2. The molecule has 140 valence electrons. The predicted octanol–water partition coefficient (Wildman–Crippen LogP) is 3.35. The first-order valence-electron chi connectivity index (χ1n) is 8.69. The van der Waals surface area contributed by atoms with Crippen LogP contribution in [0.25, 0.3) is 0 Å². The Balaban J connectivity index is 1.72. The van der Waals surface area contributed by atoms with Crippen LogP contribution in [0.5, 0.6) is 0 Å². The molecule has 2 aromatic carbocycles. The van der Waals surface area contributed by atoms with E-state index in [0.717, 1.165) is 16.7 Å². The molecule has 1 aliphatic heterocycles. The summed E-state index contributed by atoms with van der Waals surface area (Å²) in [5.41, 5.74) is 3.64. The van der Waals surface area contributed by atoms with Gasteiger partial charge in [-0.05, 0) is 55.5 Å². The molecule has 27 heavy (non-hydrogen) atoms. The number of hydrogen-bond acceptors (Lipinski definition) is 5. The van der Waals surface area contributed by atoms with Crippen molar-refractivity contribution >= 4 is 23.3 Å². The number of amides is 1. The minimum absolute atomic E-state index is 0.00407. The number of fused-ring (bicyclic) bond motifs is 1. The van der Waals surface area contributed by atoms with Crippen LogP contribution in [0.15, 0.2) is 36.4 Å². The number of nitrogens with zero attached hydrogens (tertiary/aromatic N) is 2. The number of carbonyl (C=O) groups excluding carboxylic acids is 2. The van der Waals surface area contributed by atoms with Crippen molar-refractivity contribution in [3.63, 3.8) is 0 Å². The van der Waals surface area contributed by atoms with Crippen molar-refractivity contribution in [3.05, 3.63) is 68.8 Å². The lowest BCUT2D eigenvalue weighted by Crippen LogP contribution is -2.38. The molecule has 0 unspecified atom stereocenters. The topological polar surface area (TPSA) is 89.8 Å². The van der Waals surface area contributed by atoms with E-state index in [0.29, 0.717) is 30.6 Å². The lowest BCUT2D eigenvalue weighted by atomic mass is 10.0. The average molecular weight is 368 g/mol. The molecule has 0 N–H and O–H groups in total. The maximum atomic E-state index is 12.6. The predicted molar refractivity (Wildman–Crippen MR) is 100.0 cm³/mol. The van der Waals surface area contributed by atoms with E-state index in [1.165, 1.54) is 17.0 Å². The Labute approximate surface area is 156 Å². The largest absolute Gasteiger partial charge is 0.452 e. The van der Waals surface area contributed by atoms with Crippen LogP contribution >= 0.6 is 0 Å². The number of aryl methyl sites for hydroxylation is 2. The van der Waals surface area contributed by atoms with Crippen LogP contribution in [-0.4, -0.2) is 30.0 Å². The summed E-state index contributed by atoms with van der Waals surface area (Å²) in [6.07, 6.45) is 1.37. The normalized spacial score (nSPS) is 13.0. The highest BCUT2D eigenvalue weighted by atomic mass is 16.6. The molecule has 0 fully saturated rings. The third kappa shape index (κ3) is 3.81. The Morgan fingerprint density at radius 2 is 2.00 bits per heavy atom. The van der Waals surface area contributed by atoms with Gasteiger partial charge in [-0.15, -0.1) is 0 Å². The van der Waals surface area contributed by atoms with Gasteiger partial charge in [0.15, 0.2) is 6.61 Å². The molecule has 1 heterocycles. The summed E-state index contributed by atoms with van der Waals surface area (Å²) < 4.78 is 5.22. The van der Waals surface area contributed by atoms with E-state index < -0.39 is 10.9 Å². The van der Waals surface area contributed by atoms with E-state index in [1.807, 2.05) is 19.9 Å². The maximum Gasteiger partial charge on any atom is 0.338 e.